The summed E-state index contributed by atoms with van der Waals surface area (Å²) in [6.45, 7) is 0.924. The maximum absolute atomic E-state index is 11.6. The van der Waals surface area contributed by atoms with Crippen LogP contribution in [0.3, 0.4) is 0 Å². The van der Waals surface area contributed by atoms with Crippen LogP contribution in [0.2, 0.25) is 0 Å². The molecule has 0 radical (unpaired) electrons. The number of furan rings is 1. The molecule has 0 atom stereocenters. The fraction of sp³-hybridized carbons (Fsp3) is 0.522. The van der Waals surface area contributed by atoms with Crippen molar-refractivity contribution in [2.75, 3.05) is 7.11 Å². The molecule has 2 N–H and O–H groups in total. The molecule has 0 saturated heterocycles. The minimum Gasteiger partial charge on any atom is -0.465 e. The standard InChI is InChI=1S/C23H27NO3/c1-26-23(25)17-4-2-16(3-5-17)21-7-6-20(27-21)13-24-22-18-9-14-8-15(11-18)12-19(22)10-14/h2-7,14-15,18-19,22,24H,8-13H2,1H3/p+1. The highest BCUT2D eigenvalue weighted by molar-refractivity contribution is 5.89. The lowest BCUT2D eigenvalue weighted by Gasteiger charge is -2.52. The molecule has 4 bridgehead atoms. The topological polar surface area (TPSA) is 56.0 Å². The number of hydrogen-bond acceptors (Lipinski definition) is 3. The molecular formula is C23H28NO3+. The zero-order valence-corrected chi connectivity index (χ0v) is 15.9. The molecule has 0 spiro atoms. The van der Waals surface area contributed by atoms with E-state index in [-0.39, 0.29) is 5.97 Å². The van der Waals surface area contributed by atoms with Crippen LogP contribution in [0.15, 0.2) is 40.8 Å². The lowest BCUT2D eigenvalue weighted by molar-refractivity contribution is -0.724. The number of quaternary nitrogens is 1. The predicted molar refractivity (Wildman–Crippen MR) is 102 cm³/mol. The smallest absolute Gasteiger partial charge is 0.337 e. The second kappa shape index (κ2) is 6.83. The van der Waals surface area contributed by atoms with Gasteiger partial charge in [0.15, 0.2) is 5.76 Å². The summed E-state index contributed by atoms with van der Waals surface area (Å²) in [5.41, 5.74) is 1.55. The Morgan fingerprint density at radius 2 is 1.67 bits per heavy atom. The molecule has 2 aromatic rings. The van der Waals surface area contributed by atoms with Gasteiger partial charge in [-0.15, -0.1) is 0 Å². The first-order chi connectivity index (χ1) is 13.2. The Hall–Kier alpha value is -2.07. The third kappa shape index (κ3) is 3.20. The van der Waals surface area contributed by atoms with Crippen LogP contribution in [0.5, 0.6) is 0 Å². The molecule has 4 aliphatic rings. The van der Waals surface area contributed by atoms with E-state index >= 15 is 0 Å². The summed E-state index contributed by atoms with van der Waals surface area (Å²) in [4.78, 5) is 11.6. The molecular weight excluding hydrogens is 338 g/mol. The number of benzene rings is 1. The van der Waals surface area contributed by atoms with Gasteiger partial charge < -0.3 is 14.5 Å². The molecule has 0 aliphatic heterocycles. The van der Waals surface area contributed by atoms with E-state index in [4.69, 9.17) is 9.15 Å². The first kappa shape index (κ1) is 17.1. The van der Waals surface area contributed by atoms with E-state index in [1.54, 1.807) is 12.1 Å². The van der Waals surface area contributed by atoms with Crippen molar-refractivity contribution < 1.29 is 19.3 Å². The summed E-state index contributed by atoms with van der Waals surface area (Å²) in [6, 6.07) is 12.3. The summed E-state index contributed by atoms with van der Waals surface area (Å²) in [5, 5.41) is 2.55. The van der Waals surface area contributed by atoms with E-state index in [1.807, 2.05) is 18.2 Å². The average molecular weight is 366 g/mol. The van der Waals surface area contributed by atoms with Gasteiger partial charge in [-0.1, -0.05) is 12.1 Å². The molecule has 142 valence electrons. The molecule has 4 aliphatic carbocycles. The van der Waals surface area contributed by atoms with Crippen LogP contribution >= 0.6 is 0 Å². The number of nitrogens with two attached hydrogens (primary N) is 1. The molecule has 0 unspecified atom stereocenters. The molecule has 4 heteroatoms. The Balaban J connectivity index is 1.23. The minimum absolute atomic E-state index is 0.313. The highest BCUT2D eigenvalue weighted by Gasteiger charge is 2.50. The quantitative estimate of drug-likeness (QED) is 0.822. The molecule has 0 amide bonds. The van der Waals surface area contributed by atoms with Gasteiger partial charge >= 0.3 is 5.97 Å². The Bertz CT molecular complexity index is 794. The second-order valence-corrected chi connectivity index (χ2v) is 8.78. The Morgan fingerprint density at radius 3 is 2.30 bits per heavy atom. The first-order valence-electron chi connectivity index (χ1n) is 10.3. The molecule has 1 aromatic carbocycles. The molecule has 6 rings (SSSR count). The van der Waals surface area contributed by atoms with Crippen LogP contribution in [-0.2, 0) is 11.3 Å². The van der Waals surface area contributed by atoms with E-state index < -0.39 is 0 Å². The number of carbonyl (C=O) groups excluding carboxylic acids is 1. The van der Waals surface area contributed by atoms with Crippen molar-refractivity contribution in [3.63, 3.8) is 0 Å². The Labute approximate surface area is 160 Å². The van der Waals surface area contributed by atoms with E-state index in [9.17, 15) is 4.79 Å². The lowest BCUT2D eigenvalue weighted by Crippen LogP contribution is -2.93. The number of esters is 1. The van der Waals surface area contributed by atoms with Crippen molar-refractivity contribution in [3.8, 4) is 11.3 Å². The third-order valence-corrected chi connectivity index (χ3v) is 7.14. The number of hydrogen-bond donors (Lipinski definition) is 1. The summed E-state index contributed by atoms with van der Waals surface area (Å²) >= 11 is 0. The van der Waals surface area contributed by atoms with E-state index in [0.29, 0.717) is 5.56 Å². The Kier molecular flexibility index (Phi) is 4.31. The van der Waals surface area contributed by atoms with Gasteiger partial charge in [-0.2, -0.15) is 0 Å². The van der Waals surface area contributed by atoms with Crippen LogP contribution in [0.4, 0.5) is 0 Å². The normalized spacial score (nSPS) is 31.2. The zero-order chi connectivity index (χ0) is 18.4. The third-order valence-electron chi connectivity index (χ3n) is 7.14. The van der Waals surface area contributed by atoms with Crippen LogP contribution < -0.4 is 5.32 Å². The fourth-order valence-corrected chi connectivity index (χ4v) is 6.14. The van der Waals surface area contributed by atoms with Crippen molar-refractivity contribution in [3.05, 3.63) is 47.7 Å². The molecule has 4 nitrogen and oxygen atoms in total. The summed E-state index contributed by atoms with van der Waals surface area (Å²) in [5.74, 6) is 5.51. The van der Waals surface area contributed by atoms with Crippen molar-refractivity contribution in [1.82, 2.24) is 0 Å². The fourth-order valence-electron chi connectivity index (χ4n) is 6.14. The molecule has 1 heterocycles. The molecule has 4 fully saturated rings. The van der Waals surface area contributed by atoms with Gasteiger partial charge in [0.2, 0.25) is 0 Å². The van der Waals surface area contributed by atoms with Gasteiger partial charge in [0.25, 0.3) is 0 Å². The summed E-state index contributed by atoms with van der Waals surface area (Å²) in [6.07, 6.45) is 7.36. The zero-order valence-electron chi connectivity index (χ0n) is 15.9. The monoisotopic (exact) mass is 366 g/mol. The van der Waals surface area contributed by atoms with Crippen molar-refractivity contribution >= 4 is 5.97 Å². The molecule has 27 heavy (non-hydrogen) atoms. The maximum atomic E-state index is 11.6. The molecule has 1 aromatic heterocycles. The second-order valence-electron chi connectivity index (χ2n) is 8.78. The number of ether oxygens (including phenoxy) is 1. The van der Waals surface area contributed by atoms with Crippen LogP contribution in [0.1, 0.15) is 48.2 Å². The lowest BCUT2D eigenvalue weighted by atomic mass is 9.54. The van der Waals surface area contributed by atoms with Gasteiger partial charge in [-0.25, -0.2) is 4.79 Å². The van der Waals surface area contributed by atoms with Crippen LogP contribution in [-0.4, -0.2) is 19.1 Å². The first-order valence-corrected chi connectivity index (χ1v) is 10.3. The van der Waals surface area contributed by atoms with Crippen LogP contribution in [0.25, 0.3) is 11.3 Å². The summed E-state index contributed by atoms with van der Waals surface area (Å²) < 4.78 is 10.8. The van der Waals surface area contributed by atoms with E-state index in [2.05, 4.69) is 11.4 Å². The largest absolute Gasteiger partial charge is 0.465 e. The minimum atomic E-state index is -0.313. The SMILES string of the molecule is COC(=O)c1ccc(-c2ccc(C[NH2+]C3C4CC5CC(C4)CC3C5)o2)cc1. The van der Waals surface area contributed by atoms with Gasteiger partial charge in [0, 0.05) is 17.4 Å². The number of rotatable bonds is 5. The van der Waals surface area contributed by atoms with Gasteiger partial charge in [-0.3, -0.25) is 0 Å². The average Bonchev–Trinajstić information content (AvgIpc) is 3.15. The van der Waals surface area contributed by atoms with Gasteiger partial charge in [-0.05, 0) is 68.2 Å². The molecule has 4 saturated carbocycles. The van der Waals surface area contributed by atoms with Gasteiger partial charge in [0.1, 0.15) is 12.3 Å². The van der Waals surface area contributed by atoms with E-state index in [0.717, 1.165) is 53.3 Å². The maximum Gasteiger partial charge on any atom is 0.337 e. The van der Waals surface area contributed by atoms with Crippen molar-refractivity contribution in [1.29, 1.82) is 0 Å². The van der Waals surface area contributed by atoms with Crippen molar-refractivity contribution in [2.45, 2.75) is 44.7 Å². The highest BCUT2D eigenvalue weighted by Crippen LogP contribution is 2.52. The van der Waals surface area contributed by atoms with Crippen LogP contribution in [0, 0.1) is 23.7 Å². The Morgan fingerprint density at radius 1 is 1.00 bits per heavy atom. The summed E-state index contributed by atoms with van der Waals surface area (Å²) in [7, 11) is 1.40. The highest BCUT2D eigenvalue weighted by atomic mass is 16.5. The van der Waals surface area contributed by atoms with E-state index in [1.165, 1.54) is 39.2 Å². The number of carbonyl (C=O) groups is 1. The van der Waals surface area contributed by atoms with Crippen molar-refractivity contribution in [2.24, 2.45) is 23.7 Å². The van der Waals surface area contributed by atoms with Gasteiger partial charge in [0.05, 0.1) is 18.7 Å². The predicted octanol–water partition coefficient (Wildman–Crippen LogP) is 3.62. The number of methoxy groups -OCH3 is 1.